The average Bonchev–Trinajstić information content (AvgIpc) is 2.49. The third-order valence-electron chi connectivity index (χ3n) is 3.48. The molecule has 0 bridgehead atoms. The number of benzene rings is 2. The van der Waals surface area contributed by atoms with E-state index in [9.17, 15) is 4.39 Å². The summed E-state index contributed by atoms with van der Waals surface area (Å²) in [6, 6.07) is 10.5. The Labute approximate surface area is 124 Å². The molecule has 1 atom stereocenters. The number of ether oxygens (including phenoxy) is 2. The van der Waals surface area contributed by atoms with E-state index in [4.69, 9.17) is 15.2 Å². The molecule has 0 saturated heterocycles. The highest BCUT2D eigenvalue weighted by molar-refractivity contribution is 5.45. The van der Waals surface area contributed by atoms with Gasteiger partial charge in [0.25, 0.3) is 0 Å². The smallest absolute Gasteiger partial charge is 0.163 e. The first-order valence-corrected chi connectivity index (χ1v) is 6.77. The molecule has 4 heteroatoms. The first-order chi connectivity index (χ1) is 10.0. The van der Waals surface area contributed by atoms with Gasteiger partial charge in [-0.3, -0.25) is 0 Å². The molecule has 2 N–H and O–H groups in total. The molecule has 0 amide bonds. The van der Waals surface area contributed by atoms with Crippen LogP contribution in [0.5, 0.6) is 11.5 Å². The van der Waals surface area contributed by atoms with E-state index >= 15 is 0 Å². The zero-order valence-electron chi connectivity index (χ0n) is 12.5. The van der Waals surface area contributed by atoms with E-state index in [0.29, 0.717) is 23.5 Å². The lowest BCUT2D eigenvalue weighted by Gasteiger charge is -2.16. The van der Waals surface area contributed by atoms with Crippen molar-refractivity contribution in [3.05, 3.63) is 58.9 Å². The second-order valence-electron chi connectivity index (χ2n) is 5.02. The Bertz CT molecular complexity index is 611. The topological polar surface area (TPSA) is 44.5 Å². The Morgan fingerprint density at radius 2 is 1.62 bits per heavy atom. The molecule has 3 nitrogen and oxygen atoms in total. The van der Waals surface area contributed by atoms with Crippen molar-refractivity contribution in [2.24, 2.45) is 5.73 Å². The number of hydrogen-bond acceptors (Lipinski definition) is 3. The highest BCUT2D eigenvalue weighted by atomic mass is 19.1. The van der Waals surface area contributed by atoms with Gasteiger partial charge in [-0.1, -0.05) is 29.8 Å². The summed E-state index contributed by atoms with van der Waals surface area (Å²) in [5.41, 5.74) is 8.83. The summed E-state index contributed by atoms with van der Waals surface area (Å²) in [4.78, 5) is 0. The van der Waals surface area contributed by atoms with E-state index < -0.39 is 6.04 Å². The largest absolute Gasteiger partial charge is 0.493 e. The number of hydrogen-bond donors (Lipinski definition) is 1. The minimum Gasteiger partial charge on any atom is -0.493 e. The van der Waals surface area contributed by atoms with Gasteiger partial charge in [-0.25, -0.2) is 4.39 Å². The second-order valence-corrected chi connectivity index (χ2v) is 5.02. The number of halogens is 1. The maximum absolute atomic E-state index is 14.2. The molecule has 2 aromatic carbocycles. The summed E-state index contributed by atoms with van der Waals surface area (Å²) in [5, 5.41) is 0. The van der Waals surface area contributed by atoms with Crippen LogP contribution in [0.1, 0.15) is 22.7 Å². The van der Waals surface area contributed by atoms with E-state index in [1.54, 1.807) is 6.07 Å². The van der Waals surface area contributed by atoms with Crippen LogP contribution in [0.15, 0.2) is 36.4 Å². The van der Waals surface area contributed by atoms with Crippen LogP contribution < -0.4 is 15.2 Å². The van der Waals surface area contributed by atoms with Crippen molar-refractivity contribution in [1.29, 1.82) is 0 Å². The molecule has 1 unspecified atom stereocenters. The number of nitrogens with two attached hydrogens (primary N) is 1. The van der Waals surface area contributed by atoms with Crippen LogP contribution in [-0.4, -0.2) is 14.2 Å². The molecule has 0 aliphatic carbocycles. The van der Waals surface area contributed by atoms with Crippen LogP contribution in [0.4, 0.5) is 4.39 Å². The first-order valence-electron chi connectivity index (χ1n) is 6.77. The fourth-order valence-corrected chi connectivity index (χ4v) is 2.24. The van der Waals surface area contributed by atoms with Gasteiger partial charge in [0, 0.05) is 17.7 Å². The zero-order chi connectivity index (χ0) is 15.4. The monoisotopic (exact) mass is 289 g/mol. The van der Waals surface area contributed by atoms with E-state index in [0.717, 1.165) is 5.56 Å². The standard InChI is InChI=1S/C17H20FNO2/c1-11-4-6-12(7-5-11)8-15(19)13-9-16(20-2)17(21-3)10-14(13)18/h4-7,9-10,15H,8,19H2,1-3H3. The molecule has 0 aromatic heterocycles. The molecule has 0 heterocycles. The van der Waals surface area contributed by atoms with Crippen molar-refractivity contribution >= 4 is 0 Å². The van der Waals surface area contributed by atoms with Gasteiger partial charge in [-0.05, 0) is 25.0 Å². The molecule has 0 spiro atoms. The minimum absolute atomic E-state index is 0.362. The molecule has 112 valence electrons. The Hall–Kier alpha value is -2.07. The van der Waals surface area contributed by atoms with Crippen LogP contribution in [0.3, 0.4) is 0 Å². The van der Waals surface area contributed by atoms with Crippen molar-refractivity contribution in [2.45, 2.75) is 19.4 Å². The van der Waals surface area contributed by atoms with Gasteiger partial charge in [0.2, 0.25) is 0 Å². The molecule has 2 aromatic rings. The third kappa shape index (κ3) is 3.52. The fourth-order valence-electron chi connectivity index (χ4n) is 2.24. The summed E-state index contributed by atoms with van der Waals surface area (Å²) in [6.45, 7) is 2.03. The SMILES string of the molecule is COc1cc(F)c(C(N)Cc2ccc(C)cc2)cc1OC. The van der Waals surface area contributed by atoms with Crippen LogP contribution in [0.2, 0.25) is 0 Å². The molecule has 21 heavy (non-hydrogen) atoms. The molecule has 0 saturated carbocycles. The first kappa shape index (κ1) is 15.3. The summed E-state index contributed by atoms with van der Waals surface area (Å²) >= 11 is 0. The predicted octanol–water partition coefficient (Wildman–Crippen LogP) is 3.39. The molecule has 0 aliphatic rings. The van der Waals surface area contributed by atoms with Crippen LogP contribution in [-0.2, 0) is 6.42 Å². The van der Waals surface area contributed by atoms with Gasteiger partial charge < -0.3 is 15.2 Å². The van der Waals surface area contributed by atoms with Gasteiger partial charge in [0.05, 0.1) is 14.2 Å². The maximum Gasteiger partial charge on any atom is 0.163 e. The zero-order valence-corrected chi connectivity index (χ0v) is 12.5. The second kappa shape index (κ2) is 6.59. The predicted molar refractivity (Wildman–Crippen MR) is 81.3 cm³/mol. The Morgan fingerprint density at radius 1 is 1.05 bits per heavy atom. The van der Waals surface area contributed by atoms with Crippen LogP contribution >= 0.6 is 0 Å². The third-order valence-corrected chi connectivity index (χ3v) is 3.48. The number of aryl methyl sites for hydroxylation is 1. The van der Waals surface area contributed by atoms with Crippen LogP contribution in [0.25, 0.3) is 0 Å². The van der Waals surface area contributed by atoms with Gasteiger partial charge in [-0.15, -0.1) is 0 Å². The van der Waals surface area contributed by atoms with Crippen molar-refractivity contribution in [3.63, 3.8) is 0 Å². The lowest BCUT2D eigenvalue weighted by Crippen LogP contribution is -2.15. The van der Waals surface area contributed by atoms with Crippen molar-refractivity contribution in [3.8, 4) is 11.5 Å². The summed E-state index contributed by atoms with van der Waals surface area (Å²) in [6.07, 6.45) is 0.562. The van der Waals surface area contributed by atoms with Gasteiger partial charge in [0.1, 0.15) is 5.82 Å². The maximum atomic E-state index is 14.2. The quantitative estimate of drug-likeness (QED) is 0.917. The van der Waals surface area contributed by atoms with Crippen molar-refractivity contribution in [1.82, 2.24) is 0 Å². The van der Waals surface area contributed by atoms with Gasteiger partial charge in [0.15, 0.2) is 11.5 Å². The van der Waals surface area contributed by atoms with Crippen molar-refractivity contribution < 1.29 is 13.9 Å². The van der Waals surface area contributed by atoms with E-state index in [1.807, 2.05) is 31.2 Å². The Morgan fingerprint density at radius 3 is 2.19 bits per heavy atom. The lowest BCUT2D eigenvalue weighted by molar-refractivity contribution is 0.351. The Balaban J connectivity index is 2.26. The highest BCUT2D eigenvalue weighted by Gasteiger charge is 2.17. The van der Waals surface area contributed by atoms with Crippen LogP contribution in [0, 0.1) is 12.7 Å². The van der Waals surface area contributed by atoms with E-state index in [1.165, 1.54) is 25.8 Å². The fraction of sp³-hybridized carbons (Fsp3) is 0.294. The van der Waals surface area contributed by atoms with E-state index in [-0.39, 0.29) is 5.82 Å². The average molecular weight is 289 g/mol. The van der Waals surface area contributed by atoms with Gasteiger partial charge >= 0.3 is 0 Å². The van der Waals surface area contributed by atoms with Gasteiger partial charge in [-0.2, -0.15) is 0 Å². The summed E-state index contributed by atoms with van der Waals surface area (Å²) in [5.74, 6) is 0.460. The normalized spacial score (nSPS) is 12.0. The number of methoxy groups -OCH3 is 2. The molecular formula is C17H20FNO2. The lowest BCUT2D eigenvalue weighted by atomic mass is 9.98. The molecule has 2 rings (SSSR count). The molecular weight excluding hydrogens is 269 g/mol. The Kier molecular flexibility index (Phi) is 4.81. The molecule has 0 fully saturated rings. The summed E-state index contributed by atoms with van der Waals surface area (Å²) < 4.78 is 24.4. The molecule has 0 radical (unpaired) electrons. The number of rotatable bonds is 5. The minimum atomic E-state index is -0.437. The summed E-state index contributed by atoms with van der Waals surface area (Å²) in [7, 11) is 2.99. The molecule has 0 aliphatic heterocycles. The highest BCUT2D eigenvalue weighted by Crippen LogP contribution is 2.32. The van der Waals surface area contributed by atoms with Crippen molar-refractivity contribution in [2.75, 3.05) is 14.2 Å². The van der Waals surface area contributed by atoms with E-state index in [2.05, 4.69) is 0 Å².